The molecule has 0 unspecified atom stereocenters. The van der Waals surface area contributed by atoms with E-state index in [4.69, 9.17) is 14.2 Å². The normalized spacial score (nSPS) is 58.2. The van der Waals surface area contributed by atoms with Crippen LogP contribution in [0.25, 0.3) is 0 Å². The SMILES string of the molecule is C[C@H]1O[C@@](C)([O])[C@@](O)(O[C@@H]2O[C@H](C)[C@@H](O)[C@H](O)[C@H]2O)[C@@H](O)[C@@H]1O. The Balaban J connectivity index is 2.25. The predicted octanol–water partition coefficient (Wildman–Crippen LogP) is -3.19. The molecule has 0 amide bonds. The first-order valence-corrected chi connectivity index (χ1v) is 7.26. The van der Waals surface area contributed by atoms with E-state index in [1.807, 2.05) is 0 Å². The molecule has 23 heavy (non-hydrogen) atoms. The minimum absolute atomic E-state index is 0.891. The van der Waals surface area contributed by atoms with E-state index < -0.39 is 60.6 Å². The van der Waals surface area contributed by atoms with Gasteiger partial charge in [0, 0.05) is 0 Å². The second-order valence-corrected chi connectivity index (χ2v) is 6.20. The number of ether oxygens (including phenoxy) is 3. The fourth-order valence-electron chi connectivity index (χ4n) is 2.73. The zero-order valence-corrected chi connectivity index (χ0v) is 12.9. The summed E-state index contributed by atoms with van der Waals surface area (Å²) in [4.78, 5) is 0. The molecule has 0 aromatic carbocycles. The summed E-state index contributed by atoms with van der Waals surface area (Å²) in [6, 6.07) is 0. The van der Waals surface area contributed by atoms with E-state index >= 15 is 0 Å². The first-order chi connectivity index (χ1) is 10.4. The molecule has 10 nitrogen and oxygen atoms in total. The monoisotopic (exact) mass is 339 g/mol. The number of hydrogen-bond acceptors (Lipinski definition) is 9. The van der Waals surface area contributed by atoms with Gasteiger partial charge in [-0.1, -0.05) is 0 Å². The van der Waals surface area contributed by atoms with Gasteiger partial charge in [0.2, 0.25) is 0 Å². The van der Waals surface area contributed by atoms with Gasteiger partial charge >= 0.3 is 0 Å². The van der Waals surface area contributed by atoms with E-state index in [0.717, 1.165) is 6.92 Å². The molecule has 2 rings (SSSR count). The largest absolute Gasteiger partial charge is 0.388 e. The standard InChI is InChI=1S/C13H23O10/c1-4-6(14)8(16)9(17)11(21-4)23-13(20)10(18)7(15)5(2)22-12(13,3)19/h4-11,14-18,20H,1-3H3/t4-,5-,6-,7-,8+,9-,10+,11+,12-,13+/m1/s1. The van der Waals surface area contributed by atoms with Gasteiger partial charge in [0.15, 0.2) is 6.29 Å². The van der Waals surface area contributed by atoms with E-state index in [2.05, 4.69) is 0 Å². The Hall–Kier alpha value is -0.400. The van der Waals surface area contributed by atoms with E-state index in [-0.39, 0.29) is 0 Å². The number of aliphatic hydroxyl groups is 6. The molecule has 10 heteroatoms. The molecule has 10 atom stereocenters. The molecular formula is C13H23O10. The lowest BCUT2D eigenvalue weighted by molar-refractivity contribution is -0.491. The van der Waals surface area contributed by atoms with Crippen molar-refractivity contribution < 1.29 is 50.0 Å². The Bertz CT molecular complexity index is 431. The van der Waals surface area contributed by atoms with E-state index in [1.54, 1.807) is 0 Å². The van der Waals surface area contributed by atoms with Crippen molar-refractivity contribution in [2.24, 2.45) is 0 Å². The van der Waals surface area contributed by atoms with Gasteiger partial charge in [0.1, 0.15) is 30.5 Å². The van der Waals surface area contributed by atoms with Crippen LogP contribution in [0.4, 0.5) is 0 Å². The van der Waals surface area contributed by atoms with Crippen molar-refractivity contribution in [2.75, 3.05) is 0 Å². The third kappa shape index (κ3) is 3.00. The minimum atomic E-state index is -2.97. The Labute approximate surface area is 132 Å². The van der Waals surface area contributed by atoms with Gasteiger partial charge in [-0.25, -0.2) is 0 Å². The Morgan fingerprint density at radius 2 is 1.48 bits per heavy atom. The van der Waals surface area contributed by atoms with Crippen LogP contribution < -0.4 is 0 Å². The van der Waals surface area contributed by atoms with Crippen LogP contribution in [-0.2, 0) is 19.3 Å². The van der Waals surface area contributed by atoms with E-state index in [9.17, 15) is 35.7 Å². The highest BCUT2D eigenvalue weighted by molar-refractivity contribution is 5.00. The summed E-state index contributed by atoms with van der Waals surface area (Å²) >= 11 is 0. The first kappa shape index (κ1) is 18.9. The van der Waals surface area contributed by atoms with Crippen LogP contribution in [-0.4, -0.2) is 91.2 Å². The van der Waals surface area contributed by atoms with Gasteiger partial charge in [-0.05, 0) is 20.8 Å². The summed E-state index contributed by atoms with van der Waals surface area (Å²) in [6.07, 6.45) is -12.3. The van der Waals surface area contributed by atoms with E-state index in [0.29, 0.717) is 0 Å². The smallest absolute Gasteiger partial charge is 0.256 e. The van der Waals surface area contributed by atoms with Gasteiger partial charge in [-0.3, -0.25) is 0 Å². The second-order valence-electron chi connectivity index (χ2n) is 6.20. The highest BCUT2D eigenvalue weighted by Gasteiger charge is 2.65. The Kier molecular flexibility index (Phi) is 5.06. The minimum Gasteiger partial charge on any atom is -0.388 e. The molecule has 2 fully saturated rings. The molecule has 0 aliphatic carbocycles. The van der Waals surface area contributed by atoms with Gasteiger partial charge in [-0.2, -0.15) is 5.11 Å². The Morgan fingerprint density at radius 1 is 0.913 bits per heavy atom. The van der Waals surface area contributed by atoms with Crippen molar-refractivity contribution in [3.63, 3.8) is 0 Å². The third-order valence-corrected chi connectivity index (χ3v) is 4.37. The lowest BCUT2D eigenvalue weighted by atomic mass is 9.89. The zero-order chi connectivity index (χ0) is 17.7. The first-order valence-electron chi connectivity index (χ1n) is 7.26. The fourth-order valence-corrected chi connectivity index (χ4v) is 2.73. The highest BCUT2D eigenvalue weighted by atomic mass is 16.8. The number of hydrogen-bond donors (Lipinski definition) is 6. The molecule has 2 heterocycles. The van der Waals surface area contributed by atoms with Crippen molar-refractivity contribution in [2.45, 2.75) is 81.4 Å². The maximum atomic E-state index is 12.4. The van der Waals surface area contributed by atoms with Crippen molar-refractivity contribution in [3.8, 4) is 0 Å². The summed E-state index contributed by atoms with van der Waals surface area (Å²) in [6.45, 7) is 3.60. The molecule has 2 aliphatic rings. The molecule has 135 valence electrons. The van der Waals surface area contributed by atoms with E-state index in [1.165, 1.54) is 13.8 Å². The van der Waals surface area contributed by atoms with Crippen molar-refractivity contribution in [1.29, 1.82) is 0 Å². The predicted molar refractivity (Wildman–Crippen MR) is 70.0 cm³/mol. The molecule has 0 spiro atoms. The quantitative estimate of drug-likeness (QED) is 0.284. The summed E-state index contributed by atoms with van der Waals surface area (Å²) in [5.41, 5.74) is 0. The molecule has 1 radical (unpaired) electrons. The molecule has 0 saturated carbocycles. The molecule has 0 aromatic heterocycles. The lowest BCUT2D eigenvalue weighted by Gasteiger charge is -2.51. The van der Waals surface area contributed by atoms with Crippen molar-refractivity contribution in [3.05, 3.63) is 0 Å². The summed E-state index contributed by atoms with van der Waals surface area (Å²) in [5.74, 6) is -5.66. The average molecular weight is 339 g/mol. The van der Waals surface area contributed by atoms with Crippen LogP contribution in [0.3, 0.4) is 0 Å². The summed E-state index contributed by atoms with van der Waals surface area (Å²) < 4.78 is 15.1. The fraction of sp³-hybridized carbons (Fsp3) is 1.00. The topological polar surface area (TPSA) is 169 Å². The maximum Gasteiger partial charge on any atom is 0.256 e. The van der Waals surface area contributed by atoms with Crippen molar-refractivity contribution >= 4 is 0 Å². The maximum absolute atomic E-state index is 12.4. The molecule has 2 aliphatic heterocycles. The molecule has 0 bridgehead atoms. The molecular weight excluding hydrogens is 316 g/mol. The van der Waals surface area contributed by atoms with Gasteiger partial charge in [0.25, 0.3) is 11.6 Å². The van der Waals surface area contributed by atoms with Gasteiger partial charge in [-0.15, -0.1) is 0 Å². The highest BCUT2D eigenvalue weighted by Crippen LogP contribution is 2.40. The summed E-state index contributed by atoms with van der Waals surface area (Å²) in [5, 5.41) is 72.0. The van der Waals surface area contributed by atoms with Crippen LogP contribution >= 0.6 is 0 Å². The van der Waals surface area contributed by atoms with Crippen LogP contribution in [0.15, 0.2) is 0 Å². The Morgan fingerprint density at radius 3 is 2.04 bits per heavy atom. The molecule has 0 aromatic rings. The second kappa shape index (κ2) is 6.15. The molecule has 6 N–H and O–H groups in total. The van der Waals surface area contributed by atoms with Crippen LogP contribution in [0, 0.1) is 0 Å². The number of aliphatic hydroxyl groups excluding tert-OH is 5. The summed E-state index contributed by atoms with van der Waals surface area (Å²) in [7, 11) is 0. The van der Waals surface area contributed by atoms with Crippen LogP contribution in [0.5, 0.6) is 0 Å². The lowest BCUT2D eigenvalue weighted by Crippen LogP contribution is -2.73. The van der Waals surface area contributed by atoms with Gasteiger partial charge in [0.05, 0.1) is 12.2 Å². The zero-order valence-electron chi connectivity index (χ0n) is 12.9. The molecule has 2 saturated heterocycles. The van der Waals surface area contributed by atoms with Crippen molar-refractivity contribution in [1.82, 2.24) is 0 Å². The number of rotatable bonds is 2. The van der Waals surface area contributed by atoms with Crippen LogP contribution in [0.1, 0.15) is 20.8 Å². The average Bonchev–Trinajstić information content (AvgIpc) is 2.46. The van der Waals surface area contributed by atoms with Crippen LogP contribution in [0.2, 0.25) is 0 Å². The third-order valence-electron chi connectivity index (χ3n) is 4.37. The van der Waals surface area contributed by atoms with Gasteiger partial charge < -0.3 is 44.8 Å².